The average Bonchev–Trinajstić information content (AvgIpc) is 2.15. The first-order valence-electron chi connectivity index (χ1n) is 5.53. The third kappa shape index (κ3) is 2.92. The summed E-state index contributed by atoms with van der Waals surface area (Å²) < 4.78 is 24.2. The van der Waals surface area contributed by atoms with E-state index in [1.54, 1.807) is 0 Å². The minimum absolute atomic E-state index is 0.171. The molecule has 1 aliphatic heterocycles. The lowest BCUT2D eigenvalue weighted by Gasteiger charge is -2.42. The van der Waals surface area contributed by atoms with E-state index < -0.39 is 10.0 Å². The molecule has 5 heteroatoms. The lowest BCUT2D eigenvalue weighted by atomic mass is 9.77. The fourth-order valence-corrected chi connectivity index (χ4v) is 2.98. The van der Waals surface area contributed by atoms with Crippen LogP contribution in [0.25, 0.3) is 0 Å². The van der Waals surface area contributed by atoms with Crippen LogP contribution in [0.2, 0.25) is 0 Å². The van der Waals surface area contributed by atoms with Gasteiger partial charge in [0, 0.05) is 18.6 Å². The van der Waals surface area contributed by atoms with E-state index in [0.717, 1.165) is 19.3 Å². The summed E-state index contributed by atoms with van der Waals surface area (Å²) in [6.45, 7) is 5.41. The highest BCUT2D eigenvalue weighted by Gasteiger charge is 2.36. The minimum atomic E-state index is -3.03. The summed E-state index contributed by atoms with van der Waals surface area (Å²) >= 11 is 0. The Bertz CT molecular complexity index is 305. The SMILES string of the molecule is CCC(C)C1(N)CCN(S(C)(=O)=O)CC1. The van der Waals surface area contributed by atoms with Gasteiger partial charge in [0.25, 0.3) is 0 Å². The maximum atomic E-state index is 11.3. The van der Waals surface area contributed by atoms with Crippen LogP contribution >= 0.6 is 0 Å². The molecule has 0 amide bonds. The molecule has 0 aliphatic carbocycles. The summed E-state index contributed by atoms with van der Waals surface area (Å²) in [6, 6.07) is 0. The smallest absolute Gasteiger partial charge is 0.211 e. The van der Waals surface area contributed by atoms with Gasteiger partial charge in [0.05, 0.1) is 6.26 Å². The maximum Gasteiger partial charge on any atom is 0.211 e. The van der Waals surface area contributed by atoms with Crippen molar-refractivity contribution in [3.63, 3.8) is 0 Å². The van der Waals surface area contributed by atoms with Crippen molar-refractivity contribution < 1.29 is 8.42 Å². The topological polar surface area (TPSA) is 63.4 Å². The molecule has 1 fully saturated rings. The van der Waals surface area contributed by atoms with Crippen LogP contribution in [0.5, 0.6) is 0 Å². The molecule has 0 spiro atoms. The van der Waals surface area contributed by atoms with Crippen molar-refractivity contribution in [3.05, 3.63) is 0 Å². The number of hydrogen-bond acceptors (Lipinski definition) is 3. The summed E-state index contributed by atoms with van der Waals surface area (Å²) in [7, 11) is -3.03. The van der Waals surface area contributed by atoms with Crippen molar-refractivity contribution in [2.75, 3.05) is 19.3 Å². The molecule has 1 aliphatic rings. The molecule has 0 saturated carbocycles. The molecule has 0 bridgehead atoms. The number of piperidine rings is 1. The molecule has 1 rings (SSSR count). The van der Waals surface area contributed by atoms with Crippen LogP contribution < -0.4 is 5.73 Å². The van der Waals surface area contributed by atoms with Gasteiger partial charge in [-0.15, -0.1) is 0 Å². The second-order valence-corrected chi connectivity index (χ2v) is 6.69. The normalized spacial score (nSPS) is 25.1. The van der Waals surface area contributed by atoms with Crippen LogP contribution in [0, 0.1) is 5.92 Å². The maximum absolute atomic E-state index is 11.3. The molecule has 15 heavy (non-hydrogen) atoms. The molecular weight excluding hydrogens is 212 g/mol. The van der Waals surface area contributed by atoms with Gasteiger partial charge in [0.2, 0.25) is 10.0 Å². The van der Waals surface area contributed by atoms with E-state index in [0.29, 0.717) is 19.0 Å². The highest BCUT2D eigenvalue weighted by molar-refractivity contribution is 7.88. The van der Waals surface area contributed by atoms with Crippen molar-refractivity contribution in [1.29, 1.82) is 0 Å². The van der Waals surface area contributed by atoms with Crippen molar-refractivity contribution in [1.82, 2.24) is 4.31 Å². The molecule has 4 nitrogen and oxygen atoms in total. The van der Waals surface area contributed by atoms with Crippen LogP contribution in [0.15, 0.2) is 0 Å². The molecule has 1 saturated heterocycles. The highest BCUT2D eigenvalue weighted by Crippen LogP contribution is 2.29. The van der Waals surface area contributed by atoms with Crippen LogP contribution in [0.4, 0.5) is 0 Å². The zero-order valence-corrected chi connectivity index (χ0v) is 10.7. The van der Waals surface area contributed by atoms with Gasteiger partial charge in [-0.3, -0.25) is 0 Å². The van der Waals surface area contributed by atoms with E-state index in [9.17, 15) is 8.42 Å². The number of sulfonamides is 1. The van der Waals surface area contributed by atoms with E-state index >= 15 is 0 Å². The third-order valence-corrected chi connectivity index (χ3v) is 5.02. The first-order chi connectivity index (χ1) is 6.79. The lowest BCUT2D eigenvalue weighted by Crippen LogP contribution is -2.55. The molecule has 0 aromatic carbocycles. The quantitative estimate of drug-likeness (QED) is 0.785. The third-order valence-electron chi connectivity index (χ3n) is 3.72. The number of nitrogens with zero attached hydrogens (tertiary/aromatic N) is 1. The summed E-state index contributed by atoms with van der Waals surface area (Å²) in [5.41, 5.74) is 6.13. The predicted molar refractivity (Wildman–Crippen MR) is 62.0 cm³/mol. The first-order valence-corrected chi connectivity index (χ1v) is 7.38. The Balaban J connectivity index is 2.63. The fraction of sp³-hybridized carbons (Fsp3) is 1.00. The average molecular weight is 234 g/mol. The Hall–Kier alpha value is -0.130. The number of hydrogen-bond donors (Lipinski definition) is 1. The number of nitrogens with two attached hydrogens (primary N) is 1. The number of rotatable bonds is 3. The zero-order valence-electron chi connectivity index (χ0n) is 9.86. The highest BCUT2D eigenvalue weighted by atomic mass is 32.2. The molecule has 2 N–H and O–H groups in total. The van der Waals surface area contributed by atoms with Gasteiger partial charge in [-0.1, -0.05) is 20.3 Å². The van der Waals surface area contributed by atoms with E-state index in [2.05, 4.69) is 13.8 Å². The second kappa shape index (κ2) is 4.39. The molecule has 1 heterocycles. The van der Waals surface area contributed by atoms with Crippen molar-refractivity contribution in [2.45, 2.75) is 38.6 Å². The predicted octanol–water partition coefficient (Wildman–Crippen LogP) is 0.785. The van der Waals surface area contributed by atoms with E-state index in [-0.39, 0.29) is 5.54 Å². The molecule has 90 valence electrons. The second-order valence-electron chi connectivity index (χ2n) is 4.70. The Morgan fingerprint density at radius 2 is 1.87 bits per heavy atom. The van der Waals surface area contributed by atoms with Crippen LogP contribution in [-0.2, 0) is 10.0 Å². The van der Waals surface area contributed by atoms with Crippen LogP contribution in [0.1, 0.15) is 33.1 Å². The monoisotopic (exact) mass is 234 g/mol. The molecular formula is C10H22N2O2S. The Morgan fingerprint density at radius 3 is 2.20 bits per heavy atom. The molecule has 1 unspecified atom stereocenters. The molecule has 0 aromatic heterocycles. The van der Waals surface area contributed by atoms with E-state index in [4.69, 9.17) is 5.73 Å². The van der Waals surface area contributed by atoms with E-state index in [1.807, 2.05) is 0 Å². The first kappa shape index (κ1) is 12.9. The van der Waals surface area contributed by atoms with Crippen LogP contribution in [0.3, 0.4) is 0 Å². The molecule has 0 aromatic rings. The van der Waals surface area contributed by atoms with E-state index in [1.165, 1.54) is 10.6 Å². The van der Waals surface area contributed by atoms with Crippen molar-refractivity contribution in [2.24, 2.45) is 11.7 Å². The summed E-state index contributed by atoms with van der Waals surface area (Å²) in [4.78, 5) is 0. The summed E-state index contributed by atoms with van der Waals surface area (Å²) in [6.07, 6.45) is 3.86. The summed E-state index contributed by atoms with van der Waals surface area (Å²) in [5, 5.41) is 0. The Kier molecular flexibility index (Phi) is 3.79. The van der Waals surface area contributed by atoms with Gasteiger partial charge < -0.3 is 5.73 Å². The van der Waals surface area contributed by atoms with Gasteiger partial charge in [-0.2, -0.15) is 0 Å². The zero-order chi connectivity index (χ0) is 11.7. The van der Waals surface area contributed by atoms with Gasteiger partial charge in [-0.25, -0.2) is 12.7 Å². The standard InChI is InChI=1S/C10H22N2O2S/c1-4-9(2)10(11)5-7-12(8-6-10)15(3,13)14/h9H,4-8,11H2,1-3H3. The molecule has 1 atom stereocenters. The van der Waals surface area contributed by atoms with Crippen LogP contribution in [-0.4, -0.2) is 37.6 Å². The largest absolute Gasteiger partial charge is 0.325 e. The van der Waals surface area contributed by atoms with Gasteiger partial charge in [0.15, 0.2) is 0 Å². The lowest BCUT2D eigenvalue weighted by molar-refractivity contribution is 0.172. The van der Waals surface area contributed by atoms with Gasteiger partial charge in [-0.05, 0) is 18.8 Å². The molecule has 0 radical (unpaired) electrons. The van der Waals surface area contributed by atoms with Gasteiger partial charge >= 0.3 is 0 Å². The summed E-state index contributed by atoms with van der Waals surface area (Å²) in [5.74, 6) is 0.458. The Morgan fingerprint density at radius 1 is 1.40 bits per heavy atom. The van der Waals surface area contributed by atoms with Crippen molar-refractivity contribution >= 4 is 10.0 Å². The minimum Gasteiger partial charge on any atom is -0.325 e. The van der Waals surface area contributed by atoms with Crippen molar-refractivity contribution in [3.8, 4) is 0 Å². The fourth-order valence-electron chi connectivity index (χ4n) is 2.13. The van der Waals surface area contributed by atoms with Gasteiger partial charge in [0.1, 0.15) is 0 Å². The Labute approximate surface area is 92.9 Å².